The summed E-state index contributed by atoms with van der Waals surface area (Å²) in [7, 11) is 5.39. The van der Waals surface area contributed by atoms with Gasteiger partial charge in [-0.15, -0.1) is 0 Å². The number of rotatable bonds is 3. The van der Waals surface area contributed by atoms with Crippen molar-refractivity contribution in [1.82, 2.24) is 23.9 Å². The van der Waals surface area contributed by atoms with E-state index in [1.165, 1.54) is 0 Å². The van der Waals surface area contributed by atoms with E-state index in [1.54, 1.807) is 23.9 Å². The van der Waals surface area contributed by atoms with Crippen LogP contribution >= 0.6 is 0 Å². The van der Waals surface area contributed by atoms with Gasteiger partial charge < -0.3 is 14.6 Å². The predicted molar refractivity (Wildman–Crippen MR) is 93.5 cm³/mol. The SMILES string of the molecule is CNc1c(-c2nc3cc(OC)ccc3n2C)nc2cc(C#N)ncn12. The van der Waals surface area contributed by atoms with Crippen LogP contribution < -0.4 is 10.1 Å². The molecule has 4 aromatic rings. The Kier molecular flexibility index (Phi) is 3.28. The maximum atomic E-state index is 9.04. The lowest BCUT2D eigenvalue weighted by Gasteiger charge is -2.04. The van der Waals surface area contributed by atoms with E-state index in [2.05, 4.69) is 15.3 Å². The van der Waals surface area contributed by atoms with Gasteiger partial charge in [-0.1, -0.05) is 0 Å². The Morgan fingerprint density at radius 3 is 2.80 bits per heavy atom. The van der Waals surface area contributed by atoms with Crippen LogP contribution in [-0.2, 0) is 7.05 Å². The first-order valence-electron chi connectivity index (χ1n) is 7.63. The molecule has 0 amide bonds. The number of fused-ring (bicyclic) bond motifs is 2. The van der Waals surface area contributed by atoms with Gasteiger partial charge in [0.2, 0.25) is 0 Å². The second-order valence-electron chi connectivity index (χ2n) is 5.52. The van der Waals surface area contributed by atoms with Crippen LogP contribution in [0.5, 0.6) is 5.75 Å². The Morgan fingerprint density at radius 1 is 1.24 bits per heavy atom. The first-order chi connectivity index (χ1) is 12.2. The number of anilines is 1. The number of nitrogens with one attached hydrogen (secondary N) is 1. The average Bonchev–Trinajstić information content (AvgIpc) is 3.17. The number of nitrogens with zero attached hydrogens (tertiary/aromatic N) is 6. The van der Waals surface area contributed by atoms with Crippen LogP contribution in [0.1, 0.15) is 5.69 Å². The molecule has 0 bridgehead atoms. The van der Waals surface area contributed by atoms with Crippen molar-refractivity contribution < 1.29 is 4.74 Å². The molecule has 0 saturated carbocycles. The summed E-state index contributed by atoms with van der Waals surface area (Å²) < 4.78 is 9.06. The number of nitriles is 1. The number of hydrogen-bond acceptors (Lipinski definition) is 6. The van der Waals surface area contributed by atoms with Gasteiger partial charge in [-0.2, -0.15) is 5.26 Å². The minimum absolute atomic E-state index is 0.321. The van der Waals surface area contributed by atoms with Crippen LogP contribution in [0.15, 0.2) is 30.6 Å². The van der Waals surface area contributed by atoms with E-state index < -0.39 is 0 Å². The summed E-state index contributed by atoms with van der Waals surface area (Å²) in [5.74, 6) is 2.23. The summed E-state index contributed by atoms with van der Waals surface area (Å²) in [6.07, 6.45) is 1.59. The highest BCUT2D eigenvalue weighted by molar-refractivity contribution is 5.84. The van der Waals surface area contributed by atoms with Gasteiger partial charge in [-0.05, 0) is 12.1 Å². The molecule has 0 unspecified atom stereocenters. The number of aromatic nitrogens is 5. The molecule has 0 saturated heterocycles. The Labute approximate surface area is 143 Å². The number of aryl methyl sites for hydroxylation is 1. The average molecular weight is 333 g/mol. The summed E-state index contributed by atoms with van der Waals surface area (Å²) in [5.41, 5.74) is 3.45. The van der Waals surface area contributed by atoms with Crippen LogP contribution in [0.2, 0.25) is 0 Å². The summed E-state index contributed by atoms with van der Waals surface area (Å²) in [4.78, 5) is 13.5. The van der Waals surface area contributed by atoms with Gasteiger partial charge in [-0.25, -0.2) is 15.0 Å². The van der Waals surface area contributed by atoms with Crippen LogP contribution in [0.4, 0.5) is 5.82 Å². The third-order valence-electron chi connectivity index (χ3n) is 4.17. The van der Waals surface area contributed by atoms with Crippen molar-refractivity contribution >= 4 is 22.5 Å². The second kappa shape index (κ2) is 5.49. The van der Waals surface area contributed by atoms with Crippen LogP contribution in [0, 0.1) is 11.3 Å². The first kappa shape index (κ1) is 15.0. The van der Waals surface area contributed by atoms with Gasteiger partial charge in [0.05, 0.1) is 18.1 Å². The van der Waals surface area contributed by atoms with E-state index in [0.29, 0.717) is 17.0 Å². The Morgan fingerprint density at radius 2 is 2.08 bits per heavy atom. The molecule has 0 fully saturated rings. The Balaban J connectivity index is 1.99. The number of ether oxygens (including phenoxy) is 1. The molecule has 3 heterocycles. The van der Waals surface area contributed by atoms with Gasteiger partial charge in [0.25, 0.3) is 0 Å². The molecule has 4 rings (SSSR count). The predicted octanol–water partition coefficient (Wildman–Crippen LogP) is 2.20. The third-order valence-corrected chi connectivity index (χ3v) is 4.17. The molecule has 0 spiro atoms. The van der Waals surface area contributed by atoms with Crippen molar-refractivity contribution in [3.05, 3.63) is 36.3 Å². The number of hydrogen-bond donors (Lipinski definition) is 1. The summed E-state index contributed by atoms with van der Waals surface area (Å²) >= 11 is 0. The largest absolute Gasteiger partial charge is 0.497 e. The molecule has 25 heavy (non-hydrogen) atoms. The van der Waals surface area contributed by atoms with Crippen molar-refractivity contribution in [1.29, 1.82) is 5.26 Å². The van der Waals surface area contributed by atoms with E-state index in [4.69, 9.17) is 15.0 Å². The number of benzene rings is 1. The van der Waals surface area contributed by atoms with Gasteiger partial charge in [0.15, 0.2) is 5.82 Å². The van der Waals surface area contributed by atoms with Crippen molar-refractivity contribution in [3.63, 3.8) is 0 Å². The zero-order chi connectivity index (χ0) is 17.6. The standard InChI is InChI=1S/C17H15N7O/c1-19-16-15(22-14-6-10(8-18)20-9-24(14)16)17-21-12-7-11(25-3)4-5-13(12)23(17)2/h4-7,9,19H,1-3H3. The van der Waals surface area contributed by atoms with Crippen molar-refractivity contribution in [3.8, 4) is 23.3 Å². The minimum Gasteiger partial charge on any atom is -0.497 e. The fourth-order valence-electron chi connectivity index (χ4n) is 2.92. The fourth-order valence-corrected chi connectivity index (χ4v) is 2.92. The summed E-state index contributed by atoms with van der Waals surface area (Å²) in [6.45, 7) is 0. The lowest BCUT2D eigenvalue weighted by Crippen LogP contribution is -1.99. The molecule has 3 aromatic heterocycles. The van der Waals surface area contributed by atoms with Gasteiger partial charge in [0, 0.05) is 26.2 Å². The topological polar surface area (TPSA) is 93.1 Å². The molecular formula is C17H15N7O. The number of imidazole rings is 2. The lowest BCUT2D eigenvalue weighted by molar-refractivity contribution is 0.415. The normalized spacial score (nSPS) is 11.0. The molecule has 1 aromatic carbocycles. The second-order valence-corrected chi connectivity index (χ2v) is 5.52. The molecule has 8 heteroatoms. The molecule has 0 radical (unpaired) electrons. The van der Waals surface area contributed by atoms with Gasteiger partial charge in [-0.3, -0.25) is 4.40 Å². The maximum Gasteiger partial charge on any atom is 0.163 e. The van der Waals surface area contributed by atoms with E-state index in [0.717, 1.165) is 28.4 Å². The van der Waals surface area contributed by atoms with E-state index in [-0.39, 0.29) is 0 Å². The van der Waals surface area contributed by atoms with Crippen LogP contribution in [-0.4, -0.2) is 38.1 Å². The quantitative estimate of drug-likeness (QED) is 0.618. The van der Waals surface area contributed by atoms with E-state index in [9.17, 15) is 0 Å². The number of methoxy groups -OCH3 is 1. The molecule has 0 aliphatic heterocycles. The zero-order valence-corrected chi connectivity index (χ0v) is 14.0. The molecule has 1 N–H and O–H groups in total. The van der Waals surface area contributed by atoms with Crippen LogP contribution in [0.25, 0.3) is 28.2 Å². The third kappa shape index (κ3) is 2.17. The zero-order valence-electron chi connectivity index (χ0n) is 14.0. The fraction of sp³-hybridized carbons (Fsp3) is 0.176. The summed E-state index contributed by atoms with van der Waals surface area (Å²) in [5, 5.41) is 12.2. The Hall–Kier alpha value is -3.60. The maximum absolute atomic E-state index is 9.04. The van der Waals surface area contributed by atoms with Crippen molar-refractivity contribution in [2.45, 2.75) is 0 Å². The van der Waals surface area contributed by atoms with E-state index >= 15 is 0 Å². The van der Waals surface area contributed by atoms with E-state index in [1.807, 2.05) is 42.9 Å². The van der Waals surface area contributed by atoms with Gasteiger partial charge in [0.1, 0.15) is 41.0 Å². The molecule has 8 nitrogen and oxygen atoms in total. The monoisotopic (exact) mass is 333 g/mol. The Bertz CT molecular complexity index is 1150. The highest BCUT2D eigenvalue weighted by atomic mass is 16.5. The molecular weight excluding hydrogens is 318 g/mol. The smallest absolute Gasteiger partial charge is 0.163 e. The minimum atomic E-state index is 0.321. The molecule has 124 valence electrons. The van der Waals surface area contributed by atoms with Crippen molar-refractivity contribution in [2.75, 3.05) is 19.5 Å². The molecule has 0 atom stereocenters. The summed E-state index contributed by atoms with van der Waals surface area (Å²) in [6, 6.07) is 9.44. The lowest BCUT2D eigenvalue weighted by atomic mass is 10.3. The highest BCUT2D eigenvalue weighted by Gasteiger charge is 2.19. The van der Waals surface area contributed by atoms with Gasteiger partial charge >= 0.3 is 0 Å². The van der Waals surface area contributed by atoms with Crippen molar-refractivity contribution in [2.24, 2.45) is 7.05 Å². The first-order valence-corrected chi connectivity index (χ1v) is 7.63. The van der Waals surface area contributed by atoms with Crippen LogP contribution in [0.3, 0.4) is 0 Å². The highest BCUT2D eigenvalue weighted by Crippen LogP contribution is 2.31. The molecule has 0 aliphatic carbocycles. The molecule has 0 aliphatic rings.